The van der Waals surface area contributed by atoms with E-state index in [1.807, 2.05) is 19.2 Å². The third kappa shape index (κ3) is 5.35. The lowest BCUT2D eigenvalue weighted by Gasteiger charge is -2.29. The van der Waals surface area contributed by atoms with E-state index in [1.165, 1.54) is 10.5 Å². The summed E-state index contributed by atoms with van der Waals surface area (Å²) in [6, 6.07) is 8.35. The lowest BCUT2D eigenvalue weighted by molar-refractivity contribution is -0.123. The molecule has 1 aliphatic rings. The third-order valence-corrected chi connectivity index (χ3v) is 7.04. The first kappa shape index (κ1) is 20.9. The number of nitrogens with zero attached hydrogens (tertiary/aromatic N) is 1. The summed E-state index contributed by atoms with van der Waals surface area (Å²) >= 11 is 3.27. The number of amides is 2. The molecule has 150 valence electrons. The number of aryl methyl sites for hydroxylation is 1. The second-order valence-corrected chi connectivity index (χ2v) is 9.24. The number of hydrogen-bond donors (Lipinski definition) is 2. The van der Waals surface area contributed by atoms with Crippen LogP contribution in [0.2, 0.25) is 0 Å². The SMILES string of the molecule is CSc1ccc(C[C@]2(CCC(=O)N[C@H](C)c3nc(C)cs3)CCC(=O)N2)cc1. The molecule has 5 nitrogen and oxygen atoms in total. The second kappa shape index (κ2) is 9.09. The molecule has 3 rings (SSSR count). The van der Waals surface area contributed by atoms with E-state index in [4.69, 9.17) is 0 Å². The first-order chi connectivity index (χ1) is 13.4. The lowest BCUT2D eigenvalue weighted by Crippen LogP contribution is -2.44. The molecule has 0 bridgehead atoms. The highest BCUT2D eigenvalue weighted by Crippen LogP contribution is 2.30. The molecule has 1 fully saturated rings. The largest absolute Gasteiger partial charge is 0.350 e. The average Bonchev–Trinajstić information content (AvgIpc) is 3.27. The maximum atomic E-state index is 12.5. The van der Waals surface area contributed by atoms with Crippen molar-refractivity contribution in [3.05, 3.63) is 45.9 Å². The summed E-state index contributed by atoms with van der Waals surface area (Å²) in [7, 11) is 0. The molecule has 28 heavy (non-hydrogen) atoms. The molecule has 1 saturated heterocycles. The molecule has 2 amide bonds. The third-order valence-electron chi connectivity index (χ3n) is 5.15. The van der Waals surface area contributed by atoms with Gasteiger partial charge in [-0.15, -0.1) is 23.1 Å². The molecule has 1 aromatic heterocycles. The first-order valence-electron chi connectivity index (χ1n) is 9.54. The van der Waals surface area contributed by atoms with Crippen LogP contribution in [0.25, 0.3) is 0 Å². The fraction of sp³-hybridized carbons (Fsp3) is 0.476. The number of rotatable bonds is 8. The molecular formula is C21H27N3O2S2. The average molecular weight is 418 g/mol. The van der Waals surface area contributed by atoms with Gasteiger partial charge in [-0.05, 0) is 57.1 Å². The van der Waals surface area contributed by atoms with Crippen LogP contribution in [-0.2, 0) is 16.0 Å². The number of benzene rings is 1. The van der Waals surface area contributed by atoms with Crippen LogP contribution in [-0.4, -0.2) is 28.6 Å². The number of thiazole rings is 1. The van der Waals surface area contributed by atoms with Gasteiger partial charge in [0.05, 0.1) is 6.04 Å². The Morgan fingerprint density at radius 3 is 2.71 bits per heavy atom. The highest BCUT2D eigenvalue weighted by Gasteiger charge is 2.37. The van der Waals surface area contributed by atoms with Crippen molar-refractivity contribution in [3.8, 4) is 0 Å². The summed E-state index contributed by atoms with van der Waals surface area (Å²) in [6.45, 7) is 3.91. The van der Waals surface area contributed by atoms with Crippen LogP contribution in [0.3, 0.4) is 0 Å². The van der Waals surface area contributed by atoms with Gasteiger partial charge in [-0.25, -0.2) is 4.98 Å². The fourth-order valence-corrected chi connectivity index (χ4v) is 4.83. The zero-order chi connectivity index (χ0) is 20.1. The maximum Gasteiger partial charge on any atom is 0.220 e. The van der Waals surface area contributed by atoms with Crippen LogP contribution in [0, 0.1) is 6.92 Å². The standard InChI is InChI=1S/C21H27N3O2S2/c1-14-13-28-20(22-14)15(2)23-18(25)8-10-21(11-9-19(26)24-21)12-16-4-6-17(27-3)7-5-16/h4-7,13,15H,8-12H2,1-3H3,(H,23,25)(H,24,26)/t15-,21+/m1/s1. The van der Waals surface area contributed by atoms with Crippen molar-refractivity contribution < 1.29 is 9.59 Å². The Labute approximate surface area is 174 Å². The summed E-state index contributed by atoms with van der Waals surface area (Å²) in [5.74, 6) is 0.0754. The molecule has 2 aromatic rings. The predicted molar refractivity (Wildman–Crippen MR) is 115 cm³/mol. The molecule has 7 heteroatoms. The van der Waals surface area contributed by atoms with Crippen LogP contribution in [0.1, 0.15) is 54.9 Å². The van der Waals surface area contributed by atoms with Gasteiger partial charge in [0.25, 0.3) is 0 Å². The van der Waals surface area contributed by atoms with Gasteiger partial charge >= 0.3 is 0 Å². The van der Waals surface area contributed by atoms with Crippen LogP contribution in [0.15, 0.2) is 34.5 Å². The Hall–Kier alpha value is -1.86. The number of carbonyl (C=O) groups excluding carboxylic acids is 2. The van der Waals surface area contributed by atoms with E-state index in [1.54, 1.807) is 23.1 Å². The summed E-state index contributed by atoms with van der Waals surface area (Å²) in [4.78, 5) is 30.1. The van der Waals surface area contributed by atoms with Gasteiger partial charge in [-0.3, -0.25) is 9.59 Å². The lowest BCUT2D eigenvalue weighted by atomic mass is 9.85. The van der Waals surface area contributed by atoms with E-state index < -0.39 is 0 Å². The number of thioether (sulfide) groups is 1. The smallest absolute Gasteiger partial charge is 0.220 e. The molecule has 2 atom stereocenters. The van der Waals surface area contributed by atoms with Crippen LogP contribution >= 0.6 is 23.1 Å². The first-order valence-corrected chi connectivity index (χ1v) is 11.6. The summed E-state index contributed by atoms with van der Waals surface area (Å²) < 4.78 is 0. The van der Waals surface area contributed by atoms with Gasteiger partial charge in [0.2, 0.25) is 11.8 Å². The normalized spacial score (nSPS) is 20.0. The minimum absolute atomic E-state index is 0.00129. The van der Waals surface area contributed by atoms with Crippen LogP contribution < -0.4 is 10.6 Å². The molecule has 1 aliphatic heterocycles. The van der Waals surface area contributed by atoms with Crippen molar-refractivity contribution in [2.24, 2.45) is 0 Å². The van der Waals surface area contributed by atoms with Crippen molar-refractivity contribution in [1.29, 1.82) is 0 Å². The molecule has 0 unspecified atom stereocenters. The molecule has 0 spiro atoms. The van der Waals surface area contributed by atoms with E-state index >= 15 is 0 Å². The van der Waals surface area contributed by atoms with Gasteiger partial charge in [0.15, 0.2) is 0 Å². The minimum atomic E-state index is -0.337. The van der Waals surface area contributed by atoms with E-state index in [0.29, 0.717) is 19.3 Å². The maximum absolute atomic E-state index is 12.5. The molecule has 0 aliphatic carbocycles. The van der Waals surface area contributed by atoms with E-state index in [0.717, 1.165) is 23.5 Å². The molecule has 2 N–H and O–H groups in total. The number of carbonyl (C=O) groups is 2. The van der Waals surface area contributed by atoms with Crippen molar-refractivity contribution in [2.45, 2.75) is 62.4 Å². The Morgan fingerprint density at radius 2 is 2.14 bits per heavy atom. The van der Waals surface area contributed by atoms with Gasteiger partial charge in [-0.2, -0.15) is 0 Å². The van der Waals surface area contributed by atoms with Gasteiger partial charge in [-0.1, -0.05) is 12.1 Å². The highest BCUT2D eigenvalue weighted by atomic mass is 32.2. The molecule has 2 heterocycles. The van der Waals surface area contributed by atoms with Crippen molar-refractivity contribution in [3.63, 3.8) is 0 Å². The Bertz CT molecular complexity index is 834. The zero-order valence-electron chi connectivity index (χ0n) is 16.6. The van der Waals surface area contributed by atoms with Gasteiger partial charge in [0, 0.05) is 34.4 Å². The number of nitrogens with one attached hydrogen (secondary N) is 2. The van der Waals surface area contributed by atoms with Gasteiger partial charge < -0.3 is 10.6 Å². The summed E-state index contributed by atoms with van der Waals surface area (Å²) in [5, 5.41) is 9.10. The Kier molecular flexibility index (Phi) is 6.78. The van der Waals surface area contributed by atoms with Gasteiger partial charge in [0.1, 0.15) is 5.01 Å². The number of aromatic nitrogens is 1. The van der Waals surface area contributed by atoms with Crippen LogP contribution in [0.5, 0.6) is 0 Å². The van der Waals surface area contributed by atoms with Crippen molar-refractivity contribution in [1.82, 2.24) is 15.6 Å². The number of hydrogen-bond acceptors (Lipinski definition) is 5. The summed E-state index contributed by atoms with van der Waals surface area (Å²) in [5.41, 5.74) is 1.82. The topological polar surface area (TPSA) is 71.1 Å². The molecule has 0 saturated carbocycles. The molecule has 1 aromatic carbocycles. The van der Waals surface area contributed by atoms with E-state index in [-0.39, 0.29) is 23.4 Å². The summed E-state index contributed by atoms with van der Waals surface area (Å²) in [6.07, 6.45) is 5.13. The van der Waals surface area contributed by atoms with Crippen LogP contribution in [0.4, 0.5) is 0 Å². The fourth-order valence-electron chi connectivity index (χ4n) is 3.62. The van der Waals surface area contributed by atoms with E-state index in [9.17, 15) is 9.59 Å². The minimum Gasteiger partial charge on any atom is -0.350 e. The Morgan fingerprint density at radius 1 is 1.39 bits per heavy atom. The van der Waals surface area contributed by atoms with Crippen molar-refractivity contribution in [2.75, 3.05) is 6.26 Å². The highest BCUT2D eigenvalue weighted by molar-refractivity contribution is 7.98. The van der Waals surface area contributed by atoms with Crippen molar-refractivity contribution >= 4 is 34.9 Å². The zero-order valence-corrected chi connectivity index (χ0v) is 18.2. The monoisotopic (exact) mass is 417 g/mol. The predicted octanol–water partition coefficient (Wildman–Crippen LogP) is 4.02. The quantitative estimate of drug-likeness (QED) is 0.637. The Balaban J connectivity index is 1.60. The second-order valence-electron chi connectivity index (χ2n) is 7.47. The van der Waals surface area contributed by atoms with E-state index in [2.05, 4.69) is 46.1 Å². The molecule has 0 radical (unpaired) electrons. The molecular weight excluding hydrogens is 390 g/mol.